The zero-order chi connectivity index (χ0) is 14.2. The van der Waals surface area contributed by atoms with Gasteiger partial charge in [0, 0.05) is 36.7 Å². The largest absolute Gasteiger partial charge is 0.310 e. The predicted octanol–water partition coefficient (Wildman–Crippen LogP) is 3.55. The van der Waals surface area contributed by atoms with Crippen molar-refractivity contribution in [1.82, 2.24) is 10.2 Å². The molecule has 20 heavy (non-hydrogen) atoms. The minimum absolute atomic E-state index is 0.496. The third-order valence-corrected chi connectivity index (χ3v) is 5.44. The second kappa shape index (κ2) is 8.71. The van der Waals surface area contributed by atoms with Crippen LogP contribution >= 0.6 is 11.8 Å². The zero-order valence-corrected chi connectivity index (χ0v) is 13.7. The maximum Gasteiger partial charge on any atom is 0.0332 e. The lowest BCUT2D eigenvalue weighted by Gasteiger charge is -2.33. The van der Waals surface area contributed by atoms with Crippen molar-refractivity contribution in [2.24, 2.45) is 0 Å². The number of rotatable bonds is 7. The van der Waals surface area contributed by atoms with Crippen LogP contribution in [0.2, 0.25) is 0 Å². The molecule has 1 fully saturated rings. The second-order valence-corrected chi connectivity index (χ2v) is 6.92. The van der Waals surface area contributed by atoms with Crippen LogP contribution < -0.4 is 5.32 Å². The van der Waals surface area contributed by atoms with E-state index in [9.17, 15) is 0 Å². The Morgan fingerprint density at radius 3 is 2.80 bits per heavy atom. The maximum atomic E-state index is 3.63. The number of hydrogen-bond acceptors (Lipinski definition) is 3. The number of hydrogen-bond donors (Lipinski definition) is 1. The van der Waals surface area contributed by atoms with Gasteiger partial charge in [0.1, 0.15) is 0 Å². The molecule has 2 rings (SSSR count). The van der Waals surface area contributed by atoms with E-state index in [2.05, 4.69) is 66.2 Å². The van der Waals surface area contributed by atoms with Crippen LogP contribution in [0.4, 0.5) is 0 Å². The molecule has 0 aromatic heterocycles. The Bertz CT molecular complexity index is 369. The van der Waals surface area contributed by atoms with E-state index < -0.39 is 0 Å². The monoisotopic (exact) mass is 292 g/mol. The minimum Gasteiger partial charge on any atom is -0.310 e. The first-order valence-electron chi connectivity index (χ1n) is 7.95. The second-order valence-electron chi connectivity index (χ2n) is 5.51. The van der Waals surface area contributed by atoms with Gasteiger partial charge in [-0.15, -0.1) is 0 Å². The SMILES string of the molecule is CCNC(CCN1CCSC(CC)C1)c1ccccc1. The van der Waals surface area contributed by atoms with E-state index in [-0.39, 0.29) is 0 Å². The number of benzene rings is 1. The summed E-state index contributed by atoms with van der Waals surface area (Å²) in [6.07, 6.45) is 2.51. The van der Waals surface area contributed by atoms with E-state index in [4.69, 9.17) is 0 Å². The first kappa shape index (κ1) is 15.9. The molecule has 0 radical (unpaired) electrons. The summed E-state index contributed by atoms with van der Waals surface area (Å²) in [7, 11) is 0. The van der Waals surface area contributed by atoms with Crippen LogP contribution in [-0.4, -0.2) is 42.1 Å². The fraction of sp³-hybridized carbons (Fsp3) is 0.647. The molecule has 1 aliphatic rings. The van der Waals surface area contributed by atoms with Crippen LogP contribution in [0.25, 0.3) is 0 Å². The highest BCUT2D eigenvalue weighted by Crippen LogP contribution is 2.23. The zero-order valence-electron chi connectivity index (χ0n) is 12.8. The van der Waals surface area contributed by atoms with Crippen LogP contribution in [-0.2, 0) is 0 Å². The standard InChI is InChI=1S/C17H28N2S/c1-3-16-14-19(12-13-20-16)11-10-17(18-4-2)15-8-6-5-7-9-15/h5-9,16-18H,3-4,10-14H2,1-2H3. The summed E-state index contributed by atoms with van der Waals surface area (Å²) >= 11 is 2.15. The molecule has 0 bridgehead atoms. The molecule has 1 N–H and O–H groups in total. The Labute approximate surface area is 128 Å². The highest BCUT2D eigenvalue weighted by atomic mass is 32.2. The van der Waals surface area contributed by atoms with Crippen molar-refractivity contribution in [3.05, 3.63) is 35.9 Å². The van der Waals surface area contributed by atoms with E-state index in [1.54, 1.807) is 0 Å². The molecule has 0 amide bonds. The summed E-state index contributed by atoms with van der Waals surface area (Å²) in [6, 6.07) is 11.4. The van der Waals surface area contributed by atoms with Crippen LogP contribution in [0.1, 0.15) is 38.3 Å². The molecule has 0 aliphatic carbocycles. The summed E-state index contributed by atoms with van der Waals surface area (Å²) in [6.45, 7) is 9.29. The van der Waals surface area contributed by atoms with Crippen molar-refractivity contribution in [3.63, 3.8) is 0 Å². The molecule has 2 nitrogen and oxygen atoms in total. The molecule has 1 heterocycles. The molecule has 2 unspecified atom stereocenters. The van der Waals surface area contributed by atoms with E-state index in [1.807, 2.05) is 0 Å². The van der Waals surface area contributed by atoms with Crippen LogP contribution in [0.3, 0.4) is 0 Å². The van der Waals surface area contributed by atoms with E-state index in [0.717, 1.165) is 11.8 Å². The van der Waals surface area contributed by atoms with E-state index >= 15 is 0 Å². The van der Waals surface area contributed by atoms with Gasteiger partial charge in [0.15, 0.2) is 0 Å². The van der Waals surface area contributed by atoms with Crippen molar-refractivity contribution >= 4 is 11.8 Å². The summed E-state index contributed by atoms with van der Waals surface area (Å²) < 4.78 is 0. The molecule has 1 aromatic rings. The Morgan fingerprint density at radius 2 is 2.10 bits per heavy atom. The summed E-state index contributed by atoms with van der Waals surface area (Å²) in [5.41, 5.74) is 1.42. The Balaban J connectivity index is 1.86. The Kier molecular flexibility index (Phi) is 6.91. The third kappa shape index (κ3) is 4.80. The molecule has 1 saturated heterocycles. The van der Waals surface area contributed by atoms with E-state index in [0.29, 0.717) is 6.04 Å². The van der Waals surface area contributed by atoms with Gasteiger partial charge in [0.2, 0.25) is 0 Å². The van der Waals surface area contributed by atoms with Gasteiger partial charge >= 0.3 is 0 Å². The molecule has 1 aliphatic heterocycles. The van der Waals surface area contributed by atoms with Crippen molar-refractivity contribution in [2.45, 2.75) is 38.0 Å². The number of nitrogens with zero attached hydrogens (tertiary/aromatic N) is 1. The number of nitrogens with one attached hydrogen (secondary N) is 1. The fourth-order valence-electron chi connectivity index (χ4n) is 2.86. The maximum absolute atomic E-state index is 3.63. The van der Waals surface area contributed by atoms with Gasteiger partial charge < -0.3 is 10.2 Å². The highest BCUT2D eigenvalue weighted by molar-refractivity contribution is 8.00. The van der Waals surface area contributed by atoms with Crippen LogP contribution in [0.5, 0.6) is 0 Å². The van der Waals surface area contributed by atoms with Crippen molar-refractivity contribution in [1.29, 1.82) is 0 Å². The molecule has 0 spiro atoms. The average molecular weight is 292 g/mol. The average Bonchev–Trinajstić information content (AvgIpc) is 2.52. The van der Waals surface area contributed by atoms with Gasteiger partial charge in [-0.2, -0.15) is 11.8 Å². The van der Waals surface area contributed by atoms with Crippen LogP contribution in [0, 0.1) is 0 Å². The van der Waals surface area contributed by atoms with Gasteiger partial charge in [-0.05, 0) is 24.9 Å². The molecule has 112 valence electrons. The third-order valence-electron chi connectivity index (χ3n) is 4.06. The molecule has 1 aromatic carbocycles. The molecular weight excluding hydrogens is 264 g/mol. The summed E-state index contributed by atoms with van der Waals surface area (Å²) in [5, 5.41) is 4.48. The Hall–Kier alpha value is -0.510. The Morgan fingerprint density at radius 1 is 1.30 bits per heavy atom. The lowest BCUT2D eigenvalue weighted by molar-refractivity contribution is 0.263. The molecular formula is C17H28N2S. The topological polar surface area (TPSA) is 15.3 Å². The van der Waals surface area contributed by atoms with Crippen molar-refractivity contribution < 1.29 is 0 Å². The smallest absolute Gasteiger partial charge is 0.0332 e. The van der Waals surface area contributed by atoms with Gasteiger partial charge in [-0.1, -0.05) is 44.2 Å². The summed E-state index contributed by atoms with van der Waals surface area (Å²) in [5.74, 6) is 1.30. The first-order chi connectivity index (χ1) is 9.83. The number of thioether (sulfide) groups is 1. The van der Waals surface area contributed by atoms with Crippen molar-refractivity contribution in [2.75, 3.05) is 31.9 Å². The van der Waals surface area contributed by atoms with Gasteiger partial charge in [0.05, 0.1) is 0 Å². The predicted molar refractivity (Wildman–Crippen MR) is 90.5 cm³/mol. The van der Waals surface area contributed by atoms with Crippen molar-refractivity contribution in [3.8, 4) is 0 Å². The minimum atomic E-state index is 0.496. The highest BCUT2D eigenvalue weighted by Gasteiger charge is 2.20. The molecule has 3 heteroatoms. The van der Waals surface area contributed by atoms with Gasteiger partial charge in [-0.25, -0.2) is 0 Å². The fourth-order valence-corrected chi connectivity index (χ4v) is 4.11. The van der Waals surface area contributed by atoms with Crippen LogP contribution in [0.15, 0.2) is 30.3 Å². The lowest BCUT2D eigenvalue weighted by atomic mass is 10.0. The summed E-state index contributed by atoms with van der Waals surface area (Å²) in [4.78, 5) is 2.65. The van der Waals surface area contributed by atoms with E-state index in [1.165, 1.54) is 43.8 Å². The lowest BCUT2D eigenvalue weighted by Crippen LogP contribution is -2.39. The normalized spacial score (nSPS) is 21.8. The van der Waals surface area contributed by atoms with Gasteiger partial charge in [0.25, 0.3) is 0 Å². The quantitative estimate of drug-likeness (QED) is 0.827. The molecule has 2 atom stereocenters. The molecule has 0 saturated carbocycles. The first-order valence-corrected chi connectivity index (χ1v) is 9.00. The van der Waals surface area contributed by atoms with Gasteiger partial charge in [-0.3, -0.25) is 0 Å².